The minimum atomic E-state index is 0.819. The van der Waals surface area contributed by atoms with Crippen molar-refractivity contribution in [3.8, 4) is 11.3 Å². The first-order chi connectivity index (χ1) is 10.4. The standard InChI is InChI=1S/C17H19N3S/c1-2-13-5-7-14(8-6-13)17-15(11-19-20-17)10-18-12-16-4-3-9-21-16/h3-9,11,18H,2,10,12H2,1H3,(H,19,20). The van der Waals surface area contributed by atoms with Gasteiger partial charge in [0.1, 0.15) is 0 Å². The first-order valence-corrected chi connectivity index (χ1v) is 8.09. The highest BCUT2D eigenvalue weighted by Crippen LogP contribution is 2.21. The highest BCUT2D eigenvalue weighted by Gasteiger charge is 2.07. The molecule has 0 atom stereocenters. The molecule has 0 aliphatic heterocycles. The number of nitrogens with zero attached hydrogens (tertiary/aromatic N) is 1. The van der Waals surface area contributed by atoms with Gasteiger partial charge in [0.25, 0.3) is 0 Å². The van der Waals surface area contributed by atoms with E-state index in [9.17, 15) is 0 Å². The van der Waals surface area contributed by atoms with Crippen LogP contribution in [-0.2, 0) is 19.5 Å². The number of aromatic nitrogens is 2. The number of aromatic amines is 1. The summed E-state index contributed by atoms with van der Waals surface area (Å²) in [4.78, 5) is 1.35. The van der Waals surface area contributed by atoms with E-state index < -0.39 is 0 Å². The summed E-state index contributed by atoms with van der Waals surface area (Å²) >= 11 is 1.78. The fourth-order valence-corrected chi connectivity index (χ4v) is 3.01. The fraction of sp³-hybridized carbons (Fsp3) is 0.235. The zero-order chi connectivity index (χ0) is 14.5. The van der Waals surface area contributed by atoms with Gasteiger partial charge in [0.15, 0.2) is 0 Å². The molecule has 0 radical (unpaired) electrons. The molecule has 4 heteroatoms. The molecule has 2 heterocycles. The Morgan fingerprint density at radius 2 is 2.00 bits per heavy atom. The van der Waals surface area contributed by atoms with Gasteiger partial charge in [-0.25, -0.2) is 0 Å². The van der Waals surface area contributed by atoms with Gasteiger partial charge >= 0.3 is 0 Å². The second-order valence-electron chi connectivity index (χ2n) is 5.00. The lowest BCUT2D eigenvalue weighted by Gasteiger charge is -2.06. The van der Waals surface area contributed by atoms with E-state index in [1.165, 1.54) is 21.6 Å². The van der Waals surface area contributed by atoms with Crippen LogP contribution in [0.4, 0.5) is 0 Å². The van der Waals surface area contributed by atoms with E-state index in [0.717, 1.165) is 25.2 Å². The van der Waals surface area contributed by atoms with Gasteiger partial charge < -0.3 is 5.32 Å². The average Bonchev–Trinajstić information content (AvgIpc) is 3.19. The summed E-state index contributed by atoms with van der Waals surface area (Å²) in [6.45, 7) is 3.89. The molecular weight excluding hydrogens is 278 g/mol. The van der Waals surface area contributed by atoms with Crippen molar-refractivity contribution in [2.45, 2.75) is 26.4 Å². The SMILES string of the molecule is CCc1ccc(-c2[nH]ncc2CNCc2cccs2)cc1. The van der Waals surface area contributed by atoms with E-state index in [1.807, 2.05) is 6.20 Å². The molecule has 0 saturated heterocycles. The van der Waals surface area contributed by atoms with Crippen LogP contribution in [-0.4, -0.2) is 10.2 Å². The molecule has 0 amide bonds. The third-order valence-electron chi connectivity index (χ3n) is 3.56. The van der Waals surface area contributed by atoms with E-state index in [4.69, 9.17) is 0 Å². The molecule has 0 saturated carbocycles. The number of rotatable bonds is 6. The number of thiophene rings is 1. The Morgan fingerprint density at radius 1 is 1.14 bits per heavy atom. The second kappa shape index (κ2) is 6.70. The van der Waals surface area contributed by atoms with Gasteiger partial charge in [-0.2, -0.15) is 5.10 Å². The molecule has 1 aromatic carbocycles. The number of hydrogen-bond donors (Lipinski definition) is 2. The third-order valence-corrected chi connectivity index (χ3v) is 4.44. The zero-order valence-corrected chi connectivity index (χ0v) is 12.9. The number of H-pyrrole nitrogens is 1. The molecular formula is C17H19N3S. The first-order valence-electron chi connectivity index (χ1n) is 7.21. The summed E-state index contributed by atoms with van der Waals surface area (Å²) in [6.07, 6.45) is 2.98. The zero-order valence-electron chi connectivity index (χ0n) is 12.1. The highest BCUT2D eigenvalue weighted by molar-refractivity contribution is 7.09. The van der Waals surface area contributed by atoms with E-state index in [2.05, 4.69) is 64.2 Å². The van der Waals surface area contributed by atoms with Crippen molar-refractivity contribution in [3.05, 3.63) is 64.0 Å². The molecule has 0 aliphatic rings. The number of nitrogens with one attached hydrogen (secondary N) is 2. The average molecular weight is 297 g/mol. The van der Waals surface area contributed by atoms with Crippen molar-refractivity contribution in [2.24, 2.45) is 0 Å². The number of hydrogen-bond acceptors (Lipinski definition) is 3. The molecule has 0 unspecified atom stereocenters. The normalized spacial score (nSPS) is 10.9. The molecule has 108 valence electrons. The summed E-state index contributed by atoms with van der Waals surface area (Å²) < 4.78 is 0. The maximum absolute atomic E-state index is 4.19. The molecule has 0 bridgehead atoms. The first kappa shape index (κ1) is 14.0. The summed E-state index contributed by atoms with van der Waals surface area (Å²) in [5.41, 5.74) is 4.86. The molecule has 3 nitrogen and oxygen atoms in total. The van der Waals surface area contributed by atoms with Gasteiger partial charge in [0, 0.05) is 23.5 Å². The van der Waals surface area contributed by atoms with Gasteiger partial charge in [-0.05, 0) is 29.0 Å². The molecule has 2 aromatic heterocycles. The van der Waals surface area contributed by atoms with Crippen LogP contribution in [0.2, 0.25) is 0 Å². The Bertz CT molecular complexity index is 668. The Labute approximate surface area is 129 Å². The van der Waals surface area contributed by atoms with Gasteiger partial charge in [0.05, 0.1) is 11.9 Å². The van der Waals surface area contributed by atoms with Crippen LogP contribution >= 0.6 is 11.3 Å². The summed E-state index contributed by atoms with van der Waals surface area (Å²) in [5, 5.41) is 12.9. The van der Waals surface area contributed by atoms with Gasteiger partial charge in [-0.3, -0.25) is 5.10 Å². The Morgan fingerprint density at radius 3 is 2.71 bits per heavy atom. The van der Waals surface area contributed by atoms with Crippen LogP contribution in [0.15, 0.2) is 48.0 Å². The third kappa shape index (κ3) is 3.40. The number of benzene rings is 1. The smallest absolute Gasteiger partial charge is 0.0695 e. The van der Waals surface area contributed by atoms with Crippen LogP contribution in [0.1, 0.15) is 22.9 Å². The van der Waals surface area contributed by atoms with Gasteiger partial charge in [-0.1, -0.05) is 37.3 Å². The summed E-state index contributed by atoms with van der Waals surface area (Å²) in [7, 11) is 0. The monoisotopic (exact) mass is 297 g/mol. The Balaban J connectivity index is 1.68. The number of aryl methyl sites for hydroxylation is 1. The molecule has 3 aromatic rings. The van der Waals surface area contributed by atoms with Crippen LogP contribution in [0, 0.1) is 0 Å². The van der Waals surface area contributed by atoms with Crippen molar-refractivity contribution in [2.75, 3.05) is 0 Å². The van der Waals surface area contributed by atoms with E-state index in [0.29, 0.717) is 0 Å². The quantitative estimate of drug-likeness (QED) is 0.722. The molecule has 0 aliphatic carbocycles. The Hall–Kier alpha value is -1.91. The minimum Gasteiger partial charge on any atom is -0.308 e. The van der Waals surface area contributed by atoms with Crippen molar-refractivity contribution in [3.63, 3.8) is 0 Å². The lowest BCUT2D eigenvalue weighted by molar-refractivity contribution is 0.702. The predicted octanol–water partition coefficient (Wildman–Crippen LogP) is 3.99. The lowest BCUT2D eigenvalue weighted by atomic mass is 10.1. The van der Waals surface area contributed by atoms with Crippen molar-refractivity contribution < 1.29 is 0 Å². The topological polar surface area (TPSA) is 40.7 Å². The molecule has 0 spiro atoms. The van der Waals surface area contributed by atoms with Crippen LogP contribution in [0.25, 0.3) is 11.3 Å². The fourth-order valence-electron chi connectivity index (χ4n) is 2.34. The van der Waals surface area contributed by atoms with E-state index in [-0.39, 0.29) is 0 Å². The second-order valence-corrected chi connectivity index (χ2v) is 6.04. The van der Waals surface area contributed by atoms with Gasteiger partial charge in [0.2, 0.25) is 0 Å². The van der Waals surface area contributed by atoms with Crippen LogP contribution in [0.3, 0.4) is 0 Å². The van der Waals surface area contributed by atoms with Crippen molar-refractivity contribution in [1.29, 1.82) is 0 Å². The van der Waals surface area contributed by atoms with Crippen molar-refractivity contribution in [1.82, 2.24) is 15.5 Å². The molecule has 2 N–H and O–H groups in total. The van der Waals surface area contributed by atoms with Crippen LogP contribution < -0.4 is 5.32 Å². The Kier molecular flexibility index (Phi) is 4.48. The summed E-state index contributed by atoms with van der Waals surface area (Å²) in [5.74, 6) is 0. The summed E-state index contributed by atoms with van der Waals surface area (Å²) in [6, 6.07) is 12.9. The molecule has 21 heavy (non-hydrogen) atoms. The van der Waals surface area contributed by atoms with Crippen molar-refractivity contribution >= 4 is 11.3 Å². The van der Waals surface area contributed by atoms with Crippen LogP contribution in [0.5, 0.6) is 0 Å². The maximum Gasteiger partial charge on any atom is 0.0695 e. The van der Waals surface area contributed by atoms with E-state index >= 15 is 0 Å². The molecule has 0 fully saturated rings. The lowest BCUT2D eigenvalue weighted by Crippen LogP contribution is -2.11. The largest absolute Gasteiger partial charge is 0.308 e. The maximum atomic E-state index is 4.19. The van der Waals surface area contributed by atoms with Gasteiger partial charge in [-0.15, -0.1) is 11.3 Å². The predicted molar refractivity (Wildman–Crippen MR) is 88.3 cm³/mol. The highest BCUT2D eigenvalue weighted by atomic mass is 32.1. The minimum absolute atomic E-state index is 0.819. The molecule has 3 rings (SSSR count). The van der Waals surface area contributed by atoms with E-state index in [1.54, 1.807) is 11.3 Å².